The highest BCUT2D eigenvalue weighted by atomic mass is 16.4. The van der Waals surface area contributed by atoms with E-state index < -0.39 is 53.6 Å². The Morgan fingerprint density at radius 3 is 0.504 bits per heavy atom. The van der Waals surface area contributed by atoms with Crippen LogP contribution in [0, 0.1) is 66.5 Å². The summed E-state index contributed by atoms with van der Waals surface area (Å²) in [6.45, 7) is 105. The van der Waals surface area contributed by atoms with Crippen molar-refractivity contribution in [2.24, 2.45) is 66.5 Å². The molecule has 5 aromatic rings. The van der Waals surface area contributed by atoms with Gasteiger partial charge in [-0.1, -0.05) is 458 Å². The lowest BCUT2D eigenvalue weighted by Gasteiger charge is -2.18. The highest BCUT2D eigenvalue weighted by Crippen LogP contribution is 2.28. The monoisotopic (exact) mass is 1760 g/mol. The SMILES string of the molecule is CC(C)(C)C.CC(C)(C)C.CC(C)(C)C.CC(C)(C)C.CC(C)(C)C.CC(C)(C)C.CC(C)(C)CCCC(CC(=O)O)C(=O)O.CC(C)(C)CCCC(CC(=O)O)C(=O)O.CC(C)(C)CCCC(CC(=O)O)C(=O)O.CC(C)(C)c1ccccc1.CC(C)(C)c1ccccc1.CC(C)(C)c1ccccc1.CCN(CC)CC.CCn1cccc1.c1ccccc1. The molecule has 5 rings (SSSR count). The van der Waals surface area contributed by atoms with Crippen LogP contribution < -0.4 is 0 Å². The van der Waals surface area contributed by atoms with E-state index in [-0.39, 0.29) is 35.5 Å². The van der Waals surface area contributed by atoms with Crippen LogP contribution in [0.4, 0.5) is 0 Å². The molecule has 1 heterocycles. The van der Waals surface area contributed by atoms with Crippen LogP contribution in [0.15, 0.2) is 152 Å². The van der Waals surface area contributed by atoms with Gasteiger partial charge in [-0.25, -0.2) is 0 Å². The summed E-state index contributed by atoms with van der Waals surface area (Å²) in [4.78, 5) is 65.8. The average molecular weight is 1760 g/mol. The zero-order chi connectivity index (χ0) is 101. The van der Waals surface area contributed by atoms with Gasteiger partial charge in [0.05, 0.1) is 37.0 Å². The quantitative estimate of drug-likeness (QED) is 0.0379. The standard InChI is InChI=1S/3C11H20O4.3C10H14.C6H9N.C6H15N.C6H6.6C5H12/c3*1-11(2,3)6-4-5-8(10(14)15)7-9(12)13;3*1-10(2,3)9-7-5-4-6-8-9;1-2-7-5-3-4-6-7;1-4-7(5-2)6-3;1-2-4-6-5-3-1;6*1-5(2,3)4/h3*8H,4-7H2,1-3H3,(H,12,13)(H,14,15);3*4-8H,1-3H3;3-6H,2H2,1H3;4-6H2,1-3H3;1-6H;6*1-4H3. The van der Waals surface area contributed by atoms with Crippen LogP contribution in [-0.2, 0) is 51.6 Å². The number of carbonyl (C=O) groups is 6. The molecule has 14 nitrogen and oxygen atoms in total. The molecule has 0 saturated heterocycles. The molecule has 1 aromatic heterocycles. The summed E-state index contributed by atoms with van der Waals surface area (Å²) in [6.07, 6.45) is 9.62. The van der Waals surface area contributed by atoms with E-state index in [1.54, 1.807) is 0 Å². The van der Waals surface area contributed by atoms with E-state index >= 15 is 0 Å². The van der Waals surface area contributed by atoms with E-state index in [0.29, 0.717) is 68.0 Å². The van der Waals surface area contributed by atoms with Gasteiger partial charge in [0.15, 0.2) is 0 Å². The maximum Gasteiger partial charge on any atom is 0.307 e. The number of hydrogen-bond donors (Lipinski definition) is 6. The largest absolute Gasteiger partial charge is 0.481 e. The zero-order valence-corrected chi connectivity index (χ0v) is 90.0. The van der Waals surface area contributed by atoms with Crippen molar-refractivity contribution in [2.45, 2.75) is 418 Å². The van der Waals surface area contributed by atoms with Gasteiger partial charge < -0.3 is 40.1 Å². The van der Waals surface area contributed by atoms with Gasteiger partial charge in [-0.2, -0.15) is 0 Å². The highest BCUT2D eigenvalue weighted by molar-refractivity contribution is 5.78. The number of aliphatic carboxylic acids is 6. The molecule has 6 N–H and O–H groups in total. The molecule has 730 valence electrons. The Bertz CT molecular complexity index is 2890. The summed E-state index contributed by atoms with van der Waals surface area (Å²) < 4.78 is 2.12. The smallest absolute Gasteiger partial charge is 0.307 e. The molecule has 125 heavy (non-hydrogen) atoms. The highest BCUT2D eigenvalue weighted by Gasteiger charge is 2.25. The van der Waals surface area contributed by atoms with Crippen molar-refractivity contribution in [3.05, 3.63) is 169 Å². The van der Waals surface area contributed by atoms with Crippen molar-refractivity contribution in [1.29, 1.82) is 0 Å². The number of aromatic nitrogens is 1. The van der Waals surface area contributed by atoms with E-state index in [9.17, 15) is 28.8 Å². The minimum Gasteiger partial charge on any atom is -0.481 e. The van der Waals surface area contributed by atoms with Gasteiger partial charge in [0.2, 0.25) is 0 Å². The van der Waals surface area contributed by atoms with Crippen LogP contribution in [-0.4, -0.2) is 95.6 Å². The van der Waals surface area contributed by atoms with Gasteiger partial charge in [-0.05, 0) is 159 Å². The van der Waals surface area contributed by atoms with Crippen LogP contribution >= 0.6 is 0 Å². The first-order chi connectivity index (χ1) is 55.8. The molecule has 3 unspecified atom stereocenters. The minimum absolute atomic E-state index is 0.173. The molecular formula is C111H204N2O12. The molecule has 14 heteroatoms. The lowest BCUT2D eigenvalue weighted by atomic mass is 9.87. The van der Waals surface area contributed by atoms with Gasteiger partial charge in [-0.3, -0.25) is 28.8 Å². The molecule has 0 radical (unpaired) electrons. The normalized spacial score (nSPS) is 12.0. The molecule has 0 aliphatic rings. The Labute approximate surface area is 773 Å². The fourth-order valence-electron chi connectivity index (χ4n) is 8.66. The van der Waals surface area contributed by atoms with E-state index in [0.717, 1.165) is 45.1 Å². The molecule has 3 atom stereocenters. The van der Waals surface area contributed by atoms with Crippen molar-refractivity contribution >= 4 is 35.8 Å². The summed E-state index contributed by atoms with van der Waals surface area (Å²) in [5.41, 5.74) is 8.59. The number of nitrogens with zero attached hydrogens (tertiary/aromatic N) is 2. The predicted octanol–water partition coefficient (Wildman–Crippen LogP) is 32.9. The van der Waals surface area contributed by atoms with Crippen molar-refractivity contribution in [2.75, 3.05) is 19.6 Å². The lowest BCUT2D eigenvalue weighted by molar-refractivity contribution is -0.148. The van der Waals surface area contributed by atoms with Crippen molar-refractivity contribution in [3.63, 3.8) is 0 Å². The van der Waals surface area contributed by atoms with Gasteiger partial charge in [0.1, 0.15) is 0 Å². The fourth-order valence-corrected chi connectivity index (χ4v) is 8.66. The first kappa shape index (κ1) is 138. The maximum absolute atomic E-state index is 10.7. The molecule has 0 aliphatic heterocycles. The zero-order valence-electron chi connectivity index (χ0n) is 90.0. The molecule has 0 spiro atoms. The molecule has 0 bridgehead atoms. The minimum atomic E-state index is -1.04. The Balaban J connectivity index is -0.000000144. The van der Waals surface area contributed by atoms with Crippen LogP contribution in [0.1, 0.15) is 412 Å². The second kappa shape index (κ2) is 71.8. The van der Waals surface area contributed by atoms with Crippen LogP contribution in [0.3, 0.4) is 0 Å². The third-order valence-electron chi connectivity index (χ3n) is 14.7. The van der Waals surface area contributed by atoms with Crippen molar-refractivity contribution in [1.82, 2.24) is 9.47 Å². The molecule has 4 aromatic carbocycles. The molecule has 0 fully saturated rings. The molecule has 0 aliphatic carbocycles. The first-order valence-corrected chi connectivity index (χ1v) is 46.1. The number of rotatable bonds is 22. The number of carboxylic acids is 6. The third-order valence-corrected chi connectivity index (χ3v) is 14.7. The summed E-state index contributed by atoms with van der Waals surface area (Å²) in [7, 11) is 0. The Morgan fingerprint density at radius 2 is 0.416 bits per heavy atom. The third kappa shape index (κ3) is 152. The Morgan fingerprint density at radius 1 is 0.264 bits per heavy atom. The second-order valence-corrected chi connectivity index (χ2v) is 48.4. The number of hydrogen-bond acceptors (Lipinski definition) is 7. The van der Waals surface area contributed by atoms with Crippen molar-refractivity contribution < 1.29 is 59.4 Å². The molecular weight excluding hydrogens is 1550 g/mol. The maximum atomic E-state index is 10.7. The number of benzene rings is 4. The number of carboxylic acid groups (broad SMARTS) is 6. The average Bonchev–Trinajstić information content (AvgIpc) is 1.03. The molecule has 0 saturated carbocycles. The van der Waals surface area contributed by atoms with E-state index in [1.165, 1.54) is 36.3 Å². The van der Waals surface area contributed by atoms with Gasteiger partial charge in [0, 0.05) is 18.9 Å². The summed E-state index contributed by atoms with van der Waals surface area (Å²) >= 11 is 0. The van der Waals surface area contributed by atoms with Crippen LogP contribution in [0.2, 0.25) is 0 Å². The molecule has 0 amide bonds. The summed E-state index contributed by atoms with van der Waals surface area (Å²) in [5.74, 6) is -8.39. The fraction of sp³-hybridized carbons (Fsp3) is 0.694. The van der Waals surface area contributed by atoms with Gasteiger partial charge >= 0.3 is 35.8 Å². The second-order valence-electron chi connectivity index (χ2n) is 48.4. The lowest BCUT2D eigenvalue weighted by Crippen LogP contribution is -2.21. The van der Waals surface area contributed by atoms with E-state index in [2.05, 4.69) is 431 Å². The first-order valence-electron chi connectivity index (χ1n) is 46.1. The van der Waals surface area contributed by atoms with Gasteiger partial charge in [-0.15, -0.1) is 0 Å². The topological polar surface area (TPSA) is 232 Å². The number of aryl methyl sites for hydroxylation is 1. The summed E-state index contributed by atoms with van der Waals surface area (Å²) in [5, 5.41) is 52.0. The van der Waals surface area contributed by atoms with Crippen LogP contribution in [0.5, 0.6) is 0 Å². The van der Waals surface area contributed by atoms with Gasteiger partial charge in [0.25, 0.3) is 0 Å². The van der Waals surface area contributed by atoms with E-state index in [4.69, 9.17) is 30.6 Å². The van der Waals surface area contributed by atoms with Crippen molar-refractivity contribution in [3.8, 4) is 0 Å². The predicted molar refractivity (Wildman–Crippen MR) is 546 cm³/mol. The summed E-state index contributed by atoms with van der Waals surface area (Å²) in [6, 6.07) is 47.7. The Kier molecular flexibility index (Phi) is 79.5. The Hall–Kier alpha value is -7.06. The van der Waals surface area contributed by atoms with Crippen LogP contribution in [0.25, 0.3) is 0 Å². The van der Waals surface area contributed by atoms with E-state index in [1.807, 2.05) is 48.5 Å².